The van der Waals surface area contributed by atoms with Crippen molar-refractivity contribution in [2.24, 2.45) is 0 Å². The van der Waals surface area contributed by atoms with Crippen LogP contribution in [0.25, 0.3) is 11.0 Å². The Kier molecular flexibility index (Phi) is 5.29. The number of rotatable bonds is 6. The van der Waals surface area contributed by atoms with E-state index in [4.69, 9.17) is 9.47 Å². The maximum atomic E-state index is 6.04. The molecule has 0 aliphatic heterocycles. The van der Waals surface area contributed by atoms with Gasteiger partial charge in [0.25, 0.3) is 0 Å². The van der Waals surface area contributed by atoms with Gasteiger partial charge >= 0.3 is 0 Å². The second kappa shape index (κ2) is 7.84. The van der Waals surface area contributed by atoms with Crippen LogP contribution >= 0.6 is 15.9 Å². The van der Waals surface area contributed by atoms with Crippen LogP contribution in [0.5, 0.6) is 11.6 Å². The van der Waals surface area contributed by atoms with E-state index in [9.17, 15) is 0 Å². The van der Waals surface area contributed by atoms with Gasteiger partial charge in [-0.05, 0) is 71.8 Å². The van der Waals surface area contributed by atoms with Crippen molar-refractivity contribution in [3.63, 3.8) is 0 Å². The normalized spacial score (nSPS) is 13.6. The van der Waals surface area contributed by atoms with E-state index >= 15 is 0 Å². The highest BCUT2D eigenvalue weighted by Crippen LogP contribution is 2.32. The molecule has 6 nitrogen and oxygen atoms in total. The number of aromatic nitrogens is 4. The predicted octanol–water partition coefficient (Wildman–Crippen LogP) is 4.25. The van der Waals surface area contributed by atoms with E-state index in [1.807, 2.05) is 11.6 Å². The fourth-order valence-corrected chi connectivity index (χ4v) is 4.13. The largest absolute Gasteiger partial charge is 0.492 e. The molecule has 0 saturated heterocycles. The third kappa shape index (κ3) is 3.78. The lowest BCUT2D eigenvalue weighted by Gasteiger charge is -2.18. The number of methoxy groups -OCH3 is 1. The minimum Gasteiger partial charge on any atom is -0.492 e. The minimum atomic E-state index is 0.563. The second-order valence-electron chi connectivity index (χ2n) is 6.84. The number of nitrogens with zero attached hydrogens (tertiary/aromatic N) is 4. The molecule has 0 fully saturated rings. The van der Waals surface area contributed by atoms with Crippen LogP contribution in [0.15, 0.2) is 22.8 Å². The molecule has 1 aliphatic rings. The number of hydrogen-bond acceptors (Lipinski definition) is 5. The molecule has 0 radical (unpaired) electrons. The van der Waals surface area contributed by atoms with E-state index in [1.165, 1.54) is 30.4 Å². The van der Waals surface area contributed by atoms with Gasteiger partial charge in [-0.3, -0.25) is 4.68 Å². The summed E-state index contributed by atoms with van der Waals surface area (Å²) in [6.07, 6.45) is 7.46. The number of hydrogen-bond donors (Lipinski definition) is 0. The van der Waals surface area contributed by atoms with Crippen LogP contribution < -0.4 is 9.47 Å². The predicted molar refractivity (Wildman–Crippen MR) is 108 cm³/mol. The van der Waals surface area contributed by atoms with Crippen molar-refractivity contribution in [1.29, 1.82) is 0 Å². The zero-order valence-electron chi connectivity index (χ0n) is 15.7. The summed E-state index contributed by atoms with van der Waals surface area (Å²) < 4.78 is 14.4. The van der Waals surface area contributed by atoms with Crippen LogP contribution in [0.2, 0.25) is 0 Å². The Balaban J connectivity index is 1.42. The molecule has 1 aromatic carbocycles. The molecule has 142 valence electrons. The first-order valence-corrected chi connectivity index (χ1v) is 10.1. The molecule has 0 atom stereocenters. The van der Waals surface area contributed by atoms with Gasteiger partial charge in [0.1, 0.15) is 22.6 Å². The van der Waals surface area contributed by atoms with E-state index in [1.54, 1.807) is 13.3 Å². The monoisotopic (exact) mass is 430 g/mol. The molecule has 27 heavy (non-hydrogen) atoms. The van der Waals surface area contributed by atoms with Gasteiger partial charge in [-0.25, -0.2) is 4.98 Å². The molecule has 0 bridgehead atoms. The average molecular weight is 431 g/mol. The van der Waals surface area contributed by atoms with Gasteiger partial charge in [0.2, 0.25) is 5.88 Å². The van der Waals surface area contributed by atoms with Gasteiger partial charge in [-0.15, -0.1) is 0 Å². The summed E-state index contributed by atoms with van der Waals surface area (Å²) >= 11 is 3.65. The molecule has 4 rings (SSSR count). The van der Waals surface area contributed by atoms with Crippen LogP contribution in [0.4, 0.5) is 0 Å². The quantitative estimate of drug-likeness (QED) is 0.546. The number of ether oxygens (including phenoxy) is 2. The van der Waals surface area contributed by atoms with Gasteiger partial charge in [-0.2, -0.15) is 10.1 Å². The maximum absolute atomic E-state index is 6.04. The van der Waals surface area contributed by atoms with Gasteiger partial charge in [0, 0.05) is 13.0 Å². The van der Waals surface area contributed by atoms with Crippen LogP contribution in [0.3, 0.4) is 0 Å². The highest BCUT2D eigenvalue weighted by molar-refractivity contribution is 9.10. The third-order valence-electron chi connectivity index (χ3n) is 4.93. The molecular weight excluding hydrogens is 408 g/mol. The smallest absolute Gasteiger partial charge is 0.243 e. The Bertz CT molecular complexity index is 970. The third-order valence-corrected chi connectivity index (χ3v) is 5.55. The summed E-state index contributed by atoms with van der Waals surface area (Å²) in [6, 6.07) is 4.41. The topological polar surface area (TPSA) is 62.1 Å². The van der Waals surface area contributed by atoms with Gasteiger partial charge < -0.3 is 9.47 Å². The molecule has 2 heterocycles. The molecule has 0 spiro atoms. The number of fused-ring (bicyclic) bond motifs is 2. The summed E-state index contributed by atoms with van der Waals surface area (Å²) in [7, 11) is 1.62. The Morgan fingerprint density at radius 1 is 1.15 bits per heavy atom. The molecular formula is C20H23BrN4O2. The highest BCUT2D eigenvalue weighted by atomic mass is 79.9. The van der Waals surface area contributed by atoms with Crippen molar-refractivity contribution in [3.8, 4) is 11.6 Å². The van der Waals surface area contributed by atoms with Gasteiger partial charge in [0.15, 0.2) is 0 Å². The Labute approximate surface area is 167 Å². The van der Waals surface area contributed by atoms with Gasteiger partial charge in [-0.1, -0.05) is 0 Å². The SMILES string of the molecule is COc1nc(C)nc2cnn(CCCOc3cc4c(cc3Br)CCCC4)c12. The molecule has 2 aromatic heterocycles. The van der Waals surface area contributed by atoms with Crippen molar-refractivity contribution in [1.82, 2.24) is 19.7 Å². The van der Waals surface area contributed by atoms with Crippen molar-refractivity contribution >= 4 is 27.0 Å². The Morgan fingerprint density at radius 3 is 2.70 bits per heavy atom. The second-order valence-corrected chi connectivity index (χ2v) is 7.70. The van der Waals surface area contributed by atoms with Gasteiger partial charge in [0.05, 0.1) is 24.4 Å². The molecule has 1 aliphatic carbocycles. The maximum Gasteiger partial charge on any atom is 0.243 e. The van der Waals surface area contributed by atoms with Crippen molar-refractivity contribution < 1.29 is 9.47 Å². The van der Waals surface area contributed by atoms with Crippen LogP contribution in [-0.4, -0.2) is 33.5 Å². The van der Waals surface area contributed by atoms with Crippen molar-refractivity contribution in [2.45, 2.75) is 45.6 Å². The first-order valence-electron chi connectivity index (χ1n) is 9.34. The first-order chi connectivity index (χ1) is 13.2. The van der Waals surface area contributed by atoms with Crippen LogP contribution in [-0.2, 0) is 19.4 Å². The summed E-state index contributed by atoms with van der Waals surface area (Å²) in [5, 5.41) is 4.43. The number of aryl methyl sites for hydroxylation is 4. The average Bonchev–Trinajstić information content (AvgIpc) is 3.07. The Morgan fingerprint density at radius 2 is 1.93 bits per heavy atom. The lowest BCUT2D eigenvalue weighted by molar-refractivity contribution is 0.297. The van der Waals surface area contributed by atoms with Crippen molar-refractivity contribution in [3.05, 3.63) is 39.8 Å². The Hall–Kier alpha value is -2.15. The zero-order chi connectivity index (χ0) is 18.8. The van der Waals surface area contributed by atoms with Crippen molar-refractivity contribution in [2.75, 3.05) is 13.7 Å². The minimum absolute atomic E-state index is 0.563. The number of benzene rings is 1. The molecule has 0 N–H and O–H groups in total. The zero-order valence-corrected chi connectivity index (χ0v) is 17.3. The van der Waals surface area contributed by atoms with Crippen LogP contribution in [0.1, 0.15) is 36.2 Å². The fraction of sp³-hybridized carbons (Fsp3) is 0.450. The molecule has 0 unspecified atom stereocenters. The summed E-state index contributed by atoms with van der Waals surface area (Å²) in [5.41, 5.74) is 4.51. The number of halogens is 1. The summed E-state index contributed by atoms with van der Waals surface area (Å²) in [4.78, 5) is 8.77. The van der Waals surface area contributed by atoms with Crippen LogP contribution in [0, 0.1) is 6.92 Å². The molecule has 7 heteroatoms. The summed E-state index contributed by atoms with van der Waals surface area (Å²) in [5.74, 6) is 2.17. The standard InChI is InChI=1S/C20H23BrN4O2/c1-13-23-17-12-22-25(19(17)20(24-13)26-2)8-5-9-27-18-11-15-7-4-3-6-14(15)10-16(18)21/h10-12H,3-9H2,1-2H3. The van der Waals surface area contributed by atoms with E-state index < -0.39 is 0 Å². The molecule has 0 saturated carbocycles. The highest BCUT2D eigenvalue weighted by Gasteiger charge is 2.14. The first kappa shape index (κ1) is 18.2. The van der Waals surface area contributed by atoms with E-state index in [0.29, 0.717) is 18.3 Å². The summed E-state index contributed by atoms with van der Waals surface area (Å²) in [6.45, 7) is 3.19. The van der Waals surface area contributed by atoms with E-state index in [2.05, 4.69) is 43.1 Å². The fourth-order valence-electron chi connectivity index (χ4n) is 3.63. The lowest BCUT2D eigenvalue weighted by Crippen LogP contribution is -2.08. The molecule has 3 aromatic rings. The lowest BCUT2D eigenvalue weighted by atomic mass is 9.92. The van der Waals surface area contributed by atoms with E-state index in [0.717, 1.165) is 40.6 Å². The molecule has 0 amide bonds. The van der Waals surface area contributed by atoms with E-state index in [-0.39, 0.29) is 0 Å².